The number of aliphatic hydroxyl groups is 7. The molecular formula is C41H77NO10. The average molecular weight is 744 g/mol. The average Bonchev–Trinajstić information content (AvgIpc) is 3.14. The number of ether oxygens (including phenoxy) is 2. The van der Waals surface area contributed by atoms with Gasteiger partial charge in [-0.2, -0.15) is 0 Å². The molecular weight excluding hydrogens is 666 g/mol. The van der Waals surface area contributed by atoms with Crippen molar-refractivity contribution in [1.29, 1.82) is 0 Å². The highest BCUT2D eigenvalue weighted by Crippen LogP contribution is 2.23. The predicted octanol–water partition coefficient (Wildman–Crippen LogP) is 5.49. The Morgan fingerprint density at radius 1 is 0.654 bits per heavy atom. The van der Waals surface area contributed by atoms with Crippen molar-refractivity contribution < 1.29 is 50.0 Å². The Labute approximate surface area is 314 Å². The minimum Gasteiger partial charge on any atom is -0.394 e. The topological polar surface area (TPSA) is 189 Å². The minimum absolute atomic E-state index is 0.247. The van der Waals surface area contributed by atoms with Crippen LogP contribution in [0.5, 0.6) is 0 Å². The van der Waals surface area contributed by atoms with Crippen molar-refractivity contribution in [2.24, 2.45) is 0 Å². The molecule has 0 spiro atoms. The van der Waals surface area contributed by atoms with Crippen molar-refractivity contribution >= 4 is 5.91 Å². The standard InChI is InChI=1S/C41H77NO10/c1-3-5-7-9-11-13-15-16-17-19-21-23-25-27-29-34(45)40(50)42-32(31-51-41-39(49)38(48)37(47)35(30-43)52-41)36(46)33(44)28-26-24-22-20-18-14-12-10-8-6-4-2/h13,15,20,22,32-39,41,43-49H,3-12,14,16-19,21,23-31H2,1-2H3,(H,42,50)/b15-13-,22-20+. The third-order valence-electron chi connectivity index (χ3n) is 9.98. The first-order valence-corrected chi connectivity index (χ1v) is 20.7. The fourth-order valence-corrected chi connectivity index (χ4v) is 6.43. The summed E-state index contributed by atoms with van der Waals surface area (Å²) in [5.41, 5.74) is 0. The van der Waals surface area contributed by atoms with Crippen LogP contribution in [0.1, 0.15) is 162 Å². The molecule has 0 aliphatic carbocycles. The summed E-state index contributed by atoms with van der Waals surface area (Å²) in [7, 11) is 0. The van der Waals surface area contributed by atoms with E-state index >= 15 is 0 Å². The van der Waals surface area contributed by atoms with Crippen LogP contribution < -0.4 is 5.32 Å². The number of aliphatic hydroxyl groups excluding tert-OH is 7. The van der Waals surface area contributed by atoms with Crippen molar-refractivity contribution in [3.05, 3.63) is 24.3 Å². The van der Waals surface area contributed by atoms with E-state index < -0.39 is 74.2 Å². The molecule has 0 bridgehead atoms. The second kappa shape index (κ2) is 31.9. The predicted molar refractivity (Wildman–Crippen MR) is 205 cm³/mol. The molecule has 0 aromatic rings. The Bertz CT molecular complexity index is 903. The first kappa shape index (κ1) is 48.6. The number of rotatable bonds is 33. The smallest absolute Gasteiger partial charge is 0.249 e. The molecule has 9 atom stereocenters. The molecule has 1 heterocycles. The summed E-state index contributed by atoms with van der Waals surface area (Å²) in [5.74, 6) is -0.715. The fraction of sp³-hybridized carbons (Fsp3) is 0.878. The summed E-state index contributed by atoms with van der Waals surface area (Å²) >= 11 is 0. The molecule has 1 fully saturated rings. The molecule has 1 amide bonds. The molecule has 1 saturated heterocycles. The maximum atomic E-state index is 13.0. The van der Waals surface area contributed by atoms with Gasteiger partial charge in [-0.1, -0.05) is 122 Å². The van der Waals surface area contributed by atoms with Crippen LogP contribution in [0, 0.1) is 0 Å². The van der Waals surface area contributed by atoms with Crippen molar-refractivity contribution in [2.45, 2.75) is 217 Å². The lowest BCUT2D eigenvalue weighted by Crippen LogP contribution is -2.60. The van der Waals surface area contributed by atoms with E-state index in [1.54, 1.807) is 0 Å². The van der Waals surface area contributed by atoms with Crippen LogP contribution in [0.2, 0.25) is 0 Å². The molecule has 11 heteroatoms. The number of hydrogen-bond donors (Lipinski definition) is 8. The number of carbonyl (C=O) groups excluding carboxylic acids is 1. The Morgan fingerprint density at radius 2 is 1.13 bits per heavy atom. The van der Waals surface area contributed by atoms with E-state index in [4.69, 9.17) is 9.47 Å². The maximum absolute atomic E-state index is 13.0. The Balaban J connectivity index is 2.55. The Morgan fingerprint density at radius 3 is 1.67 bits per heavy atom. The van der Waals surface area contributed by atoms with Crippen molar-refractivity contribution in [2.75, 3.05) is 13.2 Å². The second-order valence-corrected chi connectivity index (χ2v) is 14.7. The van der Waals surface area contributed by atoms with Gasteiger partial charge in [0, 0.05) is 0 Å². The molecule has 0 radical (unpaired) electrons. The molecule has 11 nitrogen and oxygen atoms in total. The number of allylic oxidation sites excluding steroid dienone is 4. The van der Waals surface area contributed by atoms with E-state index in [0.717, 1.165) is 57.8 Å². The molecule has 1 rings (SSSR count). The number of nitrogens with one attached hydrogen (secondary N) is 1. The summed E-state index contributed by atoms with van der Waals surface area (Å²) in [6.45, 7) is 3.35. The van der Waals surface area contributed by atoms with Crippen LogP contribution in [0.15, 0.2) is 24.3 Å². The number of unbranched alkanes of at least 4 members (excludes halogenated alkanes) is 17. The second-order valence-electron chi connectivity index (χ2n) is 14.7. The van der Waals surface area contributed by atoms with Gasteiger partial charge in [-0.15, -0.1) is 0 Å². The molecule has 1 aliphatic heterocycles. The van der Waals surface area contributed by atoms with Gasteiger partial charge in [0.25, 0.3) is 0 Å². The number of carbonyl (C=O) groups is 1. The van der Waals surface area contributed by atoms with E-state index in [9.17, 15) is 40.5 Å². The van der Waals surface area contributed by atoms with Gasteiger partial charge in [0.15, 0.2) is 6.29 Å². The number of hydrogen-bond acceptors (Lipinski definition) is 10. The quantitative estimate of drug-likeness (QED) is 0.0315. The van der Waals surface area contributed by atoms with Crippen molar-refractivity contribution in [3.63, 3.8) is 0 Å². The SMILES string of the molecule is CCCCCC/C=C\CCCCCCCCC(O)C(=O)NC(COC1OC(CO)C(O)C(O)C1O)C(O)C(O)CCC/C=C/CCCCCCCC. The molecule has 306 valence electrons. The van der Waals surface area contributed by atoms with Crippen LogP contribution in [0.4, 0.5) is 0 Å². The van der Waals surface area contributed by atoms with Gasteiger partial charge in [-0.05, 0) is 64.2 Å². The zero-order chi connectivity index (χ0) is 38.4. The molecule has 0 aromatic carbocycles. The molecule has 9 unspecified atom stereocenters. The van der Waals surface area contributed by atoms with Crippen LogP contribution >= 0.6 is 0 Å². The van der Waals surface area contributed by atoms with Crippen molar-refractivity contribution in [3.8, 4) is 0 Å². The summed E-state index contributed by atoms with van der Waals surface area (Å²) in [6, 6.07) is -1.18. The minimum atomic E-state index is -1.67. The molecule has 0 saturated carbocycles. The monoisotopic (exact) mass is 744 g/mol. The van der Waals surface area contributed by atoms with Gasteiger partial charge in [0.05, 0.1) is 25.4 Å². The third-order valence-corrected chi connectivity index (χ3v) is 9.98. The highest BCUT2D eigenvalue weighted by Gasteiger charge is 2.44. The zero-order valence-electron chi connectivity index (χ0n) is 32.5. The first-order valence-electron chi connectivity index (χ1n) is 20.7. The van der Waals surface area contributed by atoms with E-state index in [0.29, 0.717) is 12.8 Å². The van der Waals surface area contributed by atoms with Gasteiger partial charge < -0.3 is 50.5 Å². The lowest BCUT2D eigenvalue weighted by Gasteiger charge is -2.40. The van der Waals surface area contributed by atoms with Crippen LogP contribution in [-0.2, 0) is 14.3 Å². The van der Waals surface area contributed by atoms with Gasteiger partial charge >= 0.3 is 0 Å². The summed E-state index contributed by atoms with van der Waals surface area (Å²) < 4.78 is 11.0. The summed E-state index contributed by atoms with van der Waals surface area (Å²) in [5, 5.41) is 75.2. The van der Waals surface area contributed by atoms with Crippen LogP contribution in [0.25, 0.3) is 0 Å². The van der Waals surface area contributed by atoms with E-state index in [1.807, 2.05) is 0 Å². The largest absolute Gasteiger partial charge is 0.394 e. The molecule has 1 aliphatic rings. The first-order chi connectivity index (χ1) is 25.2. The van der Waals surface area contributed by atoms with E-state index in [1.165, 1.54) is 64.2 Å². The zero-order valence-corrected chi connectivity index (χ0v) is 32.5. The normalized spacial score (nSPS) is 23.3. The lowest BCUT2D eigenvalue weighted by molar-refractivity contribution is -0.303. The Hall–Kier alpha value is -1.41. The lowest BCUT2D eigenvalue weighted by atomic mass is 9.98. The van der Waals surface area contributed by atoms with Gasteiger partial charge in [-0.3, -0.25) is 4.79 Å². The molecule has 0 aromatic heterocycles. The van der Waals surface area contributed by atoms with Gasteiger partial charge in [0.1, 0.15) is 36.6 Å². The summed E-state index contributed by atoms with van der Waals surface area (Å²) in [6.07, 6.45) is 20.9. The Kier molecular flexibility index (Phi) is 29.8. The highest BCUT2D eigenvalue weighted by molar-refractivity contribution is 5.80. The summed E-state index contributed by atoms with van der Waals surface area (Å²) in [4.78, 5) is 13.0. The molecule has 52 heavy (non-hydrogen) atoms. The van der Waals surface area contributed by atoms with Crippen molar-refractivity contribution in [1.82, 2.24) is 5.32 Å². The third kappa shape index (κ3) is 22.1. The van der Waals surface area contributed by atoms with Gasteiger partial charge in [0.2, 0.25) is 5.91 Å². The fourth-order valence-electron chi connectivity index (χ4n) is 6.43. The van der Waals surface area contributed by atoms with Gasteiger partial charge in [-0.25, -0.2) is 0 Å². The number of amides is 1. The van der Waals surface area contributed by atoms with Crippen LogP contribution in [0.3, 0.4) is 0 Å². The molecule has 8 N–H and O–H groups in total. The van der Waals surface area contributed by atoms with Crippen LogP contribution in [-0.4, -0.2) is 110 Å². The maximum Gasteiger partial charge on any atom is 0.249 e. The van der Waals surface area contributed by atoms with E-state index in [-0.39, 0.29) is 12.8 Å². The highest BCUT2D eigenvalue weighted by atomic mass is 16.7. The van der Waals surface area contributed by atoms with E-state index in [2.05, 4.69) is 43.5 Å².